The van der Waals surface area contributed by atoms with Crippen LogP contribution in [0.4, 0.5) is 0 Å². The Morgan fingerprint density at radius 1 is 0.903 bits per heavy atom. The molecule has 31 heavy (non-hydrogen) atoms. The summed E-state index contributed by atoms with van der Waals surface area (Å²) < 4.78 is 6.60. The molecule has 0 saturated heterocycles. The molecule has 2 nitrogen and oxygen atoms in total. The lowest BCUT2D eigenvalue weighted by atomic mass is 9.73. The van der Waals surface area contributed by atoms with E-state index >= 15 is 0 Å². The van der Waals surface area contributed by atoms with E-state index in [2.05, 4.69) is 84.0 Å². The van der Waals surface area contributed by atoms with Crippen molar-refractivity contribution in [2.45, 2.75) is 52.9 Å². The molecule has 1 aliphatic rings. The lowest BCUT2D eigenvalue weighted by molar-refractivity contribution is 0.639. The number of pyridine rings is 1. The van der Waals surface area contributed by atoms with Crippen molar-refractivity contribution in [2.24, 2.45) is 0 Å². The van der Waals surface area contributed by atoms with E-state index in [1.165, 1.54) is 49.4 Å². The van der Waals surface area contributed by atoms with Crippen molar-refractivity contribution >= 4 is 32.7 Å². The number of aromatic nitrogens is 1. The Hall–Kier alpha value is -3.13. The van der Waals surface area contributed by atoms with Crippen LogP contribution in [0.15, 0.2) is 53.1 Å². The summed E-state index contributed by atoms with van der Waals surface area (Å²) >= 11 is 0. The Morgan fingerprint density at radius 3 is 2.48 bits per heavy atom. The van der Waals surface area contributed by atoms with E-state index in [-0.39, 0.29) is 5.41 Å². The first-order chi connectivity index (χ1) is 14.8. The molecule has 6 rings (SSSR count). The highest BCUT2D eigenvalue weighted by Crippen LogP contribution is 2.52. The molecule has 0 atom stereocenters. The molecule has 0 bridgehead atoms. The van der Waals surface area contributed by atoms with Crippen molar-refractivity contribution in [3.05, 3.63) is 76.5 Å². The molecule has 1 aliphatic carbocycles. The van der Waals surface area contributed by atoms with Crippen LogP contribution in [0.3, 0.4) is 0 Å². The van der Waals surface area contributed by atoms with Crippen LogP contribution in [0.25, 0.3) is 44.0 Å². The van der Waals surface area contributed by atoms with Crippen LogP contribution in [0.5, 0.6) is 0 Å². The van der Waals surface area contributed by atoms with Gasteiger partial charge in [0.25, 0.3) is 0 Å². The van der Waals surface area contributed by atoms with Crippen molar-refractivity contribution in [3.63, 3.8) is 0 Å². The molecule has 0 radical (unpaired) electrons. The third kappa shape index (κ3) is 2.31. The van der Waals surface area contributed by atoms with Crippen molar-refractivity contribution in [2.75, 3.05) is 0 Å². The zero-order valence-electron chi connectivity index (χ0n) is 19.1. The van der Waals surface area contributed by atoms with Crippen LogP contribution in [0.2, 0.25) is 0 Å². The van der Waals surface area contributed by atoms with Gasteiger partial charge in [-0.3, -0.25) is 4.98 Å². The highest BCUT2D eigenvalue weighted by molar-refractivity contribution is 6.17. The monoisotopic (exact) mass is 405 g/mol. The maximum Gasteiger partial charge on any atom is 0.142 e. The molecule has 0 aliphatic heterocycles. The summed E-state index contributed by atoms with van der Waals surface area (Å²) in [4.78, 5) is 5.00. The van der Waals surface area contributed by atoms with Crippen LogP contribution >= 0.6 is 0 Å². The van der Waals surface area contributed by atoms with Crippen LogP contribution in [-0.2, 0) is 5.41 Å². The third-order valence-corrected chi connectivity index (χ3v) is 7.20. The minimum atomic E-state index is -0.191. The number of furan rings is 1. The van der Waals surface area contributed by atoms with E-state index in [1.807, 2.05) is 6.20 Å². The van der Waals surface area contributed by atoms with Gasteiger partial charge in [-0.2, -0.15) is 0 Å². The summed E-state index contributed by atoms with van der Waals surface area (Å²) in [6.45, 7) is 13.4. The molecule has 0 amide bonds. The van der Waals surface area contributed by atoms with E-state index in [1.54, 1.807) is 0 Å². The van der Waals surface area contributed by atoms with E-state index in [9.17, 15) is 0 Å². The second kappa shape index (κ2) is 5.97. The van der Waals surface area contributed by atoms with E-state index in [0.717, 1.165) is 22.4 Å². The molecule has 3 aromatic carbocycles. The number of benzene rings is 3. The molecule has 2 aromatic heterocycles. The molecular weight excluding hydrogens is 378 g/mol. The number of hydrogen-bond donors (Lipinski definition) is 0. The van der Waals surface area contributed by atoms with Crippen LogP contribution in [-0.4, -0.2) is 4.98 Å². The predicted molar refractivity (Wildman–Crippen MR) is 130 cm³/mol. The third-order valence-electron chi connectivity index (χ3n) is 7.20. The van der Waals surface area contributed by atoms with E-state index in [0.29, 0.717) is 5.92 Å². The highest BCUT2D eigenvalue weighted by atomic mass is 16.3. The molecule has 2 heteroatoms. The summed E-state index contributed by atoms with van der Waals surface area (Å²) in [6, 6.07) is 15.9. The van der Waals surface area contributed by atoms with Gasteiger partial charge in [-0.25, -0.2) is 0 Å². The number of aryl methyl sites for hydroxylation is 2. The second-order valence-electron chi connectivity index (χ2n) is 9.99. The lowest BCUT2D eigenvalue weighted by Gasteiger charge is -2.30. The summed E-state index contributed by atoms with van der Waals surface area (Å²) in [5.41, 5.74) is 10.4. The maximum atomic E-state index is 6.60. The van der Waals surface area contributed by atoms with E-state index < -0.39 is 0 Å². The average Bonchev–Trinajstić information content (AvgIpc) is 3.10. The molecule has 5 aromatic rings. The zero-order chi connectivity index (χ0) is 21.7. The minimum Gasteiger partial charge on any atom is -0.455 e. The highest BCUT2D eigenvalue weighted by Gasteiger charge is 2.36. The summed E-state index contributed by atoms with van der Waals surface area (Å²) in [5, 5.41) is 5.02. The number of nitrogens with zero attached hydrogens (tertiary/aromatic N) is 1. The van der Waals surface area contributed by atoms with Crippen molar-refractivity contribution in [3.8, 4) is 11.3 Å². The Balaban J connectivity index is 1.90. The molecule has 0 spiro atoms. The quantitative estimate of drug-likeness (QED) is 0.281. The van der Waals surface area contributed by atoms with Gasteiger partial charge in [0, 0.05) is 28.1 Å². The van der Waals surface area contributed by atoms with Gasteiger partial charge < -0.3 is 4.42 Å². The number of fused-ring (bicyclic) bond motifs is 4. The normalized spacial score (nSPS) is 14.7. The van der Waals surface area contributed by atoms with Crippen molar-refractivity contribution in [1.29, 1.82) is 0 Å². The number of rotatable bonds is 1. The maximum absolute atomic E-state index is 6.60. The van der Waals surface area contributed by atoms with Crippen molar-refractivity contribution < 1.29 is 4.42 Å². The molecular formula is C29H27NO. The van der Waals surface area contributed by atoms with Gasteiger partial charge >= 0.3 is 0 Å². The Morgan fingerprint density at radius 2 is 1.71 bits per heavy atom. The molecule has 0 N–H and O–H groups in total. The predicted octanol–water partition coefficient (Wildman–Crippen LogP) is 8.18. The Labute approximate surface area is 182 Å². The fourth-order valence-corrected chi connectivity index (χ4v) is 5.65. The van der Waals surface area contributed by atoms with Gasteiger partial charge in [-0.1, -0.05) is 75.7 Å². The Kier molecular flexibility index (Phi) is 3.59. The second-order valence-corrected chi connectivity index (χ2v) is 9.99. The van der Waals surface area contributed by atoms with Crippen molar-refractivity contribution in [1.82, 2.24) is 4.98 Å². The smallest absolute Gasteiger partial charge is 0.142 e. The molecule has 0 fully saturated rings. The van der Waals surface area contributed by atoms with Gasteiger partial charge in [-0.05, 0) is 47.2 Å². The molecule has 0 saturated carbocycles. The van der Waals surface area contributed by atoms with Gasteiger partial charge in [0.05, 0.1) is 11.1 Å². The standard InChI is InChI=1S/C29H27NO/c1-15(2)19-11-12-22-23-24-26(30-14-17(4)27(24)31-28(19)23)21-10-8-18-13-16(3)7-9-20(18)25(21)29(22,5)6/h7-15H,1-6H3. The largest absolute Gasteiger partial charge is 0.455 e. The van der Waals surface area contributed by atoms with Crippen LogP contribution in [0, 0.1) is 13.8 Å². The van der Waals surface area contributed by atoms with Crippen LogP contribution < -0.4 is 0 Å². The van der Waals surface area contributed by atoms with Gasteiger partial charge in [0.1, 0.15) is 11.2 Å². The average molecular weight is 406 g/mol. The van der Waals surface area contributed by atoms with E-state index in [4.69, 9.17) is 9.40 Å². The number of hydrogen-bond acceptors (Lipinski definition) is 2. The zero-order valence-corrected chi connectivity index (χ0v) is 19.1. The topological polar surface area (TPSA) is 26.0 Å². The van der Waals surface area contributed by atoms with Gasteiger partial charge in [-0.15, -0.1) is 0 Å². The summed E-state index contributed by atoms with van der Waals surface area (Å²) in [7, 11) is 0. The van der Waals surface area contributed by atoms with Gasteiger partial charge in [0.2, 0.25) is 0 Å². The molecule has 0 unspecified atom stereocenters. The van der Waals surface area contributed by atoms with Gasteiger partial charge in [0.15, 0.2) is 0 Å². The summed E-state index contributed by atoms with van der Waals surface area (Å²) in [5.74, 6) is 0.392. The molecule has 154 valence electrons. The van der Waals surface area contributed by atoms with Crippen LogP contribution in [0.1, 0.15) is 61.4 Å². The lowest BCUT2D eigenvalue weighted by Crippen LogP contribution is -2.20. The summed E-state index contributed by atoms with van der Waals surface area (Å²) in [6.07, 6.45) is 1.97. The SMILES string of the molecule is Cc1ccc2c3c(ccc2c1)-c1ncc(C)c2oc4c(C(C)C)ccc(c4c12)C3(C)C. The fourth-order valence-electron chi connectivity index (χ4n) is 5.65. The minimum absolute atomic E-state index is 0.191. The first-order valence-corrected chi connectivity index (χ1v) is 11.2. The fraction of sp³-hybridized carbons (Fsp3) is 0.276. The first kappa shape index (κ1) is 18.6. The first-order valence-electron chi connectivity index (χ1n) is 11.2. The molecule has 2 heterocycles. The Bertz CT molecular complexity index is 1550.